The molecule has 1 heterocycles. The van der Waals surface area contributed by atoms with Crippen molar-refractivity contribution in [3.63, 3.8) is 0 Å². The Morgan fingerprint density at radius 3 is 2.26 bits per heavy atom. The van der Waals surface area contributed by atoms with Crippen LogP contribution in [0.5, 0.6) is 0 Å². The van der Waals surface area contributed by atoms with Crippen molar-refractivity contribution in [3.05, 3.63) is 0 Å². The van der Waals surface area contributed by atoms with E-state index in [9.17, 15) is 24.6 Å². The molecule has 10 heteroatoms. The van der Waals surface area contributed by atoms with Crippen LogP contribution in [0, 0.1) is 0 Å². The van der Waals surface area contributed by atoms with Gasteiger partial charge in [-0.25, -0.2) is 4.79 Å². The molecule has 23 heavy (non-hydrogen) atoms. The second-order valence-electron chi connectivity index (χ2n) is 5.34. The normalized spacial score (nSPS) is 30.4. The predicted octanol–water partition coefficient (Wildman–Crippen LogP) is -2.79. The molecule has 0 aromatic rings. The third-order valence-corrected chi connectivity index (χ3v) is 3.33. The summed E-state index contributed by atoms with van der Waals surface area (Å²) in [5.74, 6) is -0.578. The van der Waals surface area contributed by atoms with E-state index in [-0.39, 0.29) is 18.7 Å². The lowest BCUT2D eigenvalue weighted by Crippen LogP contribution is -2.68. The van der Waals surface area contributed by atoms with Gasteiger partial charge in [-0.05, 0) is 6.92 Å². The van der Waals surface area contributed by atoms with Crippen LogP contribution in [0.25, 0.3) is 0 Å². The molecule has 0 aromatic heterocycles. The second kappa shape index (κ2) is 8.77. The number of aliphatic hydroxyl groups excluding tert-OH is 3. The van der Waals surface area contributed by atoms with Gasteiger partial charge in [-0.15, -0.1) is 0 Å². The SMILES string of the molecule is CC(=O)CCNC(=O)NC1OC(CO)C(O)C(O)C1NC(C)=O. The molecule has 1 rings (SSSR count). The number of ketones is 1. The van der Waals surface area contributed by atoms with Crippen LogP contribution in [0.15, 0.2) is 0 Å². The highest BCUT2D eigenvalue weighted by molar-refractivity contribution is 5.78. The number of Topliss-reactive ketones (excluding diaryl/α,β-unsaturated/α-hetero) is 1. The molecule has 1 aliphatic heterocycles. The number of ether oxygens (including phenoxy) is 1. The summed E-state index contributed by atoms with van der Waals surface area (Å²) in [5, 5.41) is 36.2. The van der Waals surface area contributed by atoms with E-state index < -0.39 is 49.1 Å². The smallest absolute Gasteiger partial charge is 0.316 e. The monoisotopic (exact) mass is 333 g/mol. The summed E-state index contributed by atoms with van der Waals surface area (Å²) in [4.78, 5) is 33.8. The van der Waals surface area contributed by atoms with Gasteiger partial charge in [-0.2, -0.15) is 0 Å². The Labute approximate surface area is 133 Å². The zero-order chi connectivity index (χ0) is 17.6. The zero-order valence-corrected chi connectivity index (χ0v) is 13.0. The van der Waals surface area contributed by atoms with Crippen LogP contribution >= 0.6 is 0 Å². The molecule has 10 nitrogen and oxygen atoms in total. The fourth-order valence-electron chi connectivity index (χ4n) is 2.17. The molecule has 6 N–H and O–H groups in total. The maximum absolute atomic E-state index is 11.8. The van der Waals surface area contributed by atoms with Crippen molar-refractivity contribution >= 4 is 17.7 Å². The maximum atomic E-state index is 11.8. The van der Waals surface area contributed by atoms with E-state index in [4.69, 9.17) is 9.84 Å². The molecule has 1 fully saturated rings. The number of rotatable bonds is 6. The number of hydrogen-bond donors (Lipinski definition) is 6. The van der Waals surface area contributed by atoms with Crippen molar-refractivity contribution in [2.24, 2.45) is 0 Å². The first kappa shape index (κ1) is 19.3. The number of aliphatic hydroxyl groups is 3. The van der Waals surface area contributed by atoms with Gasteiger partial charge in [0.05, 0.1) is 6.61 Å². The third kappa shape index (κ3) is 5.75. The van der Waals surface area contributed by atoms with Crippen LogP contribution in [0.2, 0.25) is 0 Å². The van der Waals surface area contributed by atoms with E-state index in [1.54, 1.807) is 0 Å². The summed E-state index contributed by atoms with van der Waals surface area (Å²) in [7, 11) is 0. The van der Waals surface area contributed by atoms with Crippen molar-refractivity contribution in [2.75, 3.05) is 13.2 Å². The molecule has 1 saturated heterocycles. The van der Waals surface area contributed by atoms with Crippen LogP contribution in [0.3, 0.4) is 0 Å². The van der Waals surface area contributed by atoms with Crippen LogP contribution in [-0.4, -0.2) is 76.8 Å². The van der Waals surface area contributed by atoms with Gasteiger partial charge in [-0.1, -0.05) is 0 Å². The zero-order valence-electron chi connectivity index (χ0n) is 13.0. The molecule has 3 amide bonds. The van der Waals surface area contributed by atoms with Crippen LogP contribution in [-0.2, 0) is 14.3 Å². The highest BCUT2D eigenvalue weighted by Gasteiger charge is 2.45. The second-order valence-corrected chi connectivity index (χ2v) is 5.34. The van der Waals surface area contributed by atoms with Crippen molar-refractivity contribution in [2.45, 2.75) is 50.8 Å². The summed E-state index contributed by atoms with van der Waals surface area (Å²) < 4.78 is 5.32. The van der Waals surface area contributed by atoms with E-state index >= 15 is 0 Å². The number of carbonyl (C=O) groups excluding carboxylic acids is 3. The third-order valence-electron chi connectivity index (χ3n) is 3.33. The minimum Gasteiger partial charge on any atom is -0.394 e. The molecular weight excluding hydrogens is 310 g/mol. The van der Waals surface area contributed by atoms with Crippen molar-refractivity contribution < 1.29 is 34.4 Å². The number of carbonyl (C=O) groups is 3. The Morgan fingerprint density at radius 1 is 1.09 bits per heavy atom. The van der Waals surface area contributed by atoms with Gasteiger partial charge in [0.2, 0.25) is 5.91 Å². The highest BCUT2D eigenvalue weighted by Crippen LogP contribution is 2.19. The lowest BCUT2D eigenvalue weighted by molar-refractivity contribution is -0.199. The summed E-state index contributed by atoms with van der Waals surface area (Å²) in [6.07, 6.45) is -4.97. The first-order valence-corrected chi connectivity index (χ1v) is 7.19. The van der Waals surface area contributed by atoms with Crippen molar-refractivity contribution in [1.29, 1.82) is 0 Å². The van der Waals surface area contributed by atoms with Gasteiger partial charge in [0.15, 0.2) is 6.23 Å². The fourth-order valence-corrected chi connectivity index (χ4v) is 2.17. The van der Waals surface area contributed by atoms with Gasteiger partial charge in [0, 0.05) is 19.9 Å². The Morgan fingerprint density at radius 2 is 1.74 bits per heavy atom. The van der Waals surface area contributed by atoms with Gasteiger partial charge in [-0.3, -0.25) is 9.59 Å². The minimum absolute atomic E-state index is 0.0887. The molecule has 0 bridgehead atoms. The quantitative estimate of drug-likeness (QED) is 0.307. The van der Waals surface area contributed by atoms with Gasteiger partial charge in [0.25, 0.3) is 0 Å². The van der Waals surface area contributed by atoms with Gasteiger partial charge in [0.1, 0.15) is 30.1 Å². The number of nitrogens with one attached hydrogen (secondary N) is 3. The van der Waals surface area contributed by atoms with Crippen molar-refractivity contribution in [1.82, 2.24) is 16.0 Å². The van der Waals surface area contributed by atoms with Crippen LogP contribution < -0.4 is 16.0 Å². The molecule has 5 atom stereocenters. The molecule has 0 radical (unpaired) electrons. The van der Waals surface area contributed by atoms with E-state index in [2.05, 4.69) is 16.0 Å². The molecule has 5 unspecified atom stereocenters. The number of hydrogen-bond acceptors (Lipinski definition) is 7. The van der Waals surface area contributed by atoms with Crippen molar-refractivity contribution in [3.8, 4) is 0 Å². The summed E-state index contributed by atoms with van der Waals surface area (Å²) in [6, 6.07) is -1.77. The molecular formula is C13H23N3O7. The lowest BCUT2D eigenvalue weighted by atomic mass is 9.96. The minimum atomic E-state index is -1.44. The Kier molecular flexibility index (Phi) is 7.36. The van der Waals surface area contributed by atoms with E-state index in [1.807, 2.05) is 0 Å². The average molecular weight is 333 g/mol. The van der Waals surface area contributed by atoms with Crippen LogP contribution in [0.4, 0.5) is 4.79 Å². The molecule has 0 saturated carbocycles. The molecule has 1 aliphatic rings. The number of amides is 3. The summed E-state index contributed by atoms with van der Waals surface area (Å²) in [5.41, 5.74) is 0. The highest BCUT2D eigenvalue weighted by atomic mass is 16.5. The molecule has 0 aliphatic carbocycles. The maximum Gasteiger partial charge on any atom is 0.316 e. The summed E-state index contributed by atoms with van der Waals surface area (Å²) in [6.45, 7) is 2.14. The van der Waals surface area contributed by atoms with Gasteiger partial charge < -0.3 is 36.0 Å². The molecule has 0 aromatic carbocycles. The Bertz CT molecular complexity index is 445. The number of urea groups is 1. The van der Waals surface area contributed by atoms with E-state index in [0.717, 1.165) is 0 Å². The predicted molar refractivity (Wildman–Crippen MR) is 77.2 cm³/mol. The summed E-state index contributed by atoms with van der Waals surface area (Å²) >= 11 is 0. The largest absolute Gasteiger partial charge is 0.394 e. The molecule has 132 valence electrons. The lowest BCUT2D eigenvalue weighted by Gasteiger charge is -2.42. The Balaban J connectivity index is 2.71. The fraction of sp³-hybridized carbons (Fsp3) is 0.769. The average Bonchev–Trinajstić information content (AvgIpc) is 2.46. The molecule has 0 spiro atoms. The van der Waals surface area contributed by atoms with E-state index in [1.165, 1.54) is 13.8 Å². The van der Waals surface area contributed by atoms with E-state index in [0.29, 0.717) is 0 Å². The Hall–Kier alpha value is -1.75. The first-order valence-electron chi connectivity index (χ1n) is 7.19. The standard InChI is InChI=1S/C13H23N3O7/c1-6(18)3-4-14-13(22)16-12-9(15-7(2)19)11(21)10(20)8(5-17)23-12/h8-12,17,20-21H,3-5H2,1-2H3,(H,15,19)(H2,14,16,22). The van der Waals surface area contributed by atoms with Gasteiger partial charge >= 0.3 is 6.03 Å². The first-order chi connectivity index (χ1) is 10.8. The topological polar surface area (TPSA) is 157 Å². The van der Waals surface area contributed by atoms with Crippen LogP contribution in [0.1, 0.15) is 20.3 Å².